The zero-order chi connectivity index (χ0) is 15.2. The third kappa shape index (κ3) is 4.08. The first-order valence-electron chi connectivity index (χ1n) is 8.17. The summed E-state index contributed by atoms with van der Waals surface area (Å²) in [7, 11) is 1.83. The van der Waals surface area contributed by atoms with Gasteiger partial charge in [-0.1, -0.05) is 12.1 Å². The van der Waals surface area contributed by atoms with E-state index < -0.39 is 0 Å². The van der Waals surface area contributed by atoms with Crippen molar-refractivity contribution in [3.63, 3.8) is 0 Å². The van der Waals surface area contributed by atoms with Crippen LogP contribution in [0.2, 0.25) is 0 Å². The normalized spacial score (nSPS) is 31.2. The average Bonchev–Trinajstić information content (AvgIpc) is 2.56. The van der Waals surface area contributed by atoms with Gasteiger partial charge in [0.15, 0.2) is 5.84 Å². The molecule has 0 aromatic carbocycles. The second-order valence-electron chi connectivity index (χ2n) is 6.20. The van der Waals surface area contributed by atoms with Crippen LogP contribution >= 0.6 is 0 Å². The number of hydrogen-bond donors (Lipinski definition) is 2. The van der Waals surface area contributed by atoms with Gasteiger partial charge in [0.05, 0.1) is 12.1 Å². The van der Waals surface area contributed by atoms with Crippen LogP contribution in [0.25, 0.3) is 0 Å². The van der Waals surface area contributed by atoms with Gasteiger partial charge in [0.25, 0.3) is 0 Å². The summed E-state index contributed by atoms with van der Waals surface area (Å²) in [4.78, 5) is 4.93. The molecule has 1 heterocycles. The Labute approximate surface area is 127 Å². The molecule has 6 nitrogen and oxygen atoms in total. The highest BCUT2D eigenvalue weighted by atomic mass is 16.5. The maximum Gasteiger partial charge on any atom is 0.156 e. The van der Waals surface area contributed by atoms with Gasteiger partial charge in [-0.3, -0.25) is 9.80 Å². The van der Waals surface area contributed by atoms with Crippen molar-refractivity contribution in [3.8, 4) is 0 Å². The summed E-state index contributed by atoms with van der Waals surface area (Å²) in [5.41, 5.74) is 5.80. The summed E-state index contributed by atoms with van der Waals surface area (Å²) in [5.74, 6) is 0.336. The third-order valence-corrected chi connectivity index (χ3v) is 5.08. The molecule has 6 heteroatoms. The average molecular weight is 298 g/mol. The van der Waals surface area contributed by atoms with E-state index in [4.69, 9.17) is 15.7 Å². The lowest BCUT2D eigenvalue weighted by Crippen LogP contribution is -2.56. The van der Waals surface area contributed by atoms with Gasteiger partial charge in [0.1, 0.15) is 0 Å². The number of hydrogen-bond acceptors (Lipinski definition) is 5. The summed E-state index contributed by atoms with van der Waals surface area (Å²) >= 11 is 0. The highest BCUT2D eigenvalue weighted by Crippen LogP contribution is 2.26. The van der Waals surface area contributed by atoms with Gasteiger partial charge in [-0.25, -0.2) is 0 Å². The fraction of sp³-hybridized carbons (Fsp3) is 0.933. The van der Waals surface area contributed by atoms with E-state index in [2.05, 4.69) is 21.9 Å². The zero-order valence-corrected chi connectivity index (χ0v) is 13.4. The van der Waals surface area contributed by atoms with Crippen LogP contribution in [0.3, 0.4) is 0 Å². The lowest BCUT2D eigenvalue weighted by Gasteiger charge is -2.43. The Bertz CT molecular complexity index is 343. The number of rotatable bonds is 5. The number of amidine groups is 1. The van der Waals surface area contributed by atoms with E-state index >= 15 is 0 Å². The number of methoxy groups -OCH3 is 1. The van der Waals surface area contributed by atoms with Gasteiger partial charge in [-0.05, 0) is 32.1 Å². The number of nitrogens with two attached hydrogens (primary N) is 1. The maximum atomic E-state index is 8.89. The highest BCUT2D eigenvalue weighted by Gasteiger charge is 2.31. The molecule has 0 aromatic heterocycles. The SMILES string of the molecule is CCC(C(N)=NO)N1CCN(C2CCCC(OC)C2)CC1. The Kier molecular flexibility index (Phi) is 6.26. The molecular formula is C15H30N4O2. The molecule has 0 radical (unpaired) electrons. The summed E-state index contributed by atoms with van der Waals surface area (Å²) in [6.45, 7) is 6.19. The van der Waals surface area contributed by atoms with E-state index in [0.717, 1.165) is 39.0 Å². The second-order valence-corrected chi connectivity index (χ2v) is 6.20. The molecule has 2 aliphatic rings. The van der Waals surface area contributed by atoms with E-state index in [9.17, 15) is 0 Å². The molecule has 3 atom stereocenters. The number of oxime groups is 1. The first-order valence-corrected chi connectivity index (χ1v) is 8.17. The van der Waals surface area contributed by atoms with Crippen molar-refractivity contribution >= 4 is 5.84 Å². The smallest absolute Gasteiger partial charge is 0.156 e. The van der Waals surface area contributed by atoms with Gasteiger partial charge in [-0.2, -0.15) is 0 Å². The molecule has 0 spiro atoms. The Balaban J connectivity index is 1.85. The summed E-state index contributed by atoms with van der Waals surface area (Å²) < 4.78 is 5.54. The van der Waals surface area contributed by atoms with Crippen molar-refractivity contribution in [1.82, 2.24) is 9.80 Å². The van der Waals surface area contributed by atoms with Crippen molar-refractivity contribution in [2.24, 2.45) is 10.9 Å². The fourth-order valence-corrected chi connectivity index (χ4v) is 3.80. The highest BCUT2D eigenvalue weighted by molar-refractivity contribution is 5.85. The van der Waals surface area contributed by atoms with E-state index in [0.29, 0.717) is 18.0 Å². The zero-order valence-electron chi connectivity index (χ0n) is 13.4. The molecular weight excluding hydrogens is 268 g/mol. The molecule has 1 aliphatic heterocycles. The number of ether oxygens (including phenoxy) is 1. The minimum absolute atomic E-state index is 0.0650. The lowest BCUT2D eigenvalue weighted by atomic mass is 9.91. The Morgan fingerprint density at radius 1 is 1.33 bits per heavy atom. The van der Waals surface area contributed by atoms with Crippen molar-refractivity contribution < 1.29 is 9.94 Å². The van der Waals surface area contributed by atoms with E-state index in [1.165, 1.54) is 19.3 Å². The van der Waals surface area contributed by atoms with Gasteiger partial charge in [0, 0.05) is 39.3 Å². The van der Waals surface area contributed by atoms with Gasteiger partial charge in [0.2, 0.25) is 0 Å². The van der Waals surface area contributed by atoms with Gasteiger partial charge >= 0.3 is 0 Å². The van der Waals surface area contributed by atoms with Crippen LogP contribution in [0, 0.1) is 0 Å². The van der Waals surface area contributed by atoms with Gasteiger partial charge in [-0.15, -0.1) is 0 Å². The molecule has 21 heavy (non-hydrogen) atoms. The van der Waals surface area contributed by atoms with Crippen LogP contribution in [-0.4, -0.2) is 72.3 Å². The maximum absolute atomic E-state index is 8.89. The van der Waals surface area contributed by atoms with Crippen molar-refractivity contribution in [1.29, 1.82) is 0 Å². The van der Waals surface area contributed by atoms with Crippen molar-refractivity contribution in [2.45, 2.75) is 57.2 Å². The number of piperazine rings is 1. The Hall–Kier alpha value is -0.850. The monoisotopic (exact) mass is 298 g/mol. The standard InChI is InChI=1S/C15H30N4O2/c1-3-14(15(16)17-20)19-9-7-18(8-10-19)12-5-4-6-13(11-12)21-2/h12-14,20H,3-11H2,1-2H3,(H2,16,17). The van der Waals surface area contributed by atoms with E-state index in [1.54, 1.807) is 0 Å². The summed E-state index contributed by atoms with van der Waals surface area (Å²) in [6, 6.07) is 0.727. The van der Waals surface area contributed by atoms with Gasteiger partial charge < -0.3 is 15.7 Å². The summed E-state index contributed by atoms with van der Waals surface area (Å²) in [6.07, 6.45) is 6.23. The predicted octanol–water partition coefficient (Wildman–Crippen LogP) is 1.09. The minimum atomic E-state index is 0.0650. The third-order valence-electron chi connectivity index (χ3n) is 5.08. The van der Waals surface area contributed by atoms with Crippen LogP contribution < -0.4 is 5.73 Å². The first-order chi connectivity index (χ1) is 10.2. The molecule has 2 fully saturated rings. The molecule has 1 aliphatic carbocycles. The first kappa shape index (κ1) is 16.5. The molecule has 1 saturated heterocycles. The molecule has 0 bridgehead atoms. The molecule has 122 valence electrons. The van der Waals surface area contributed by atoms with Crippen molar-refractivity contribution in [3.05, 3.63) is 0 Å². The Morgan fingerprint density at radius 3 is 2.62 bits per heavy atom. The molecule has 0 aromatic rings. The molecule has 3 N–H and O–H groups in total. The predicted molar refractivity (Wildman–Crippen MR) is 83.7 cm³/mol. The fourth-order valence-electron chi connectivity index (χ4n) is 3.80. The lowest BCUT2D eigenvalue weighted by molar-refractivity contribution is 0.00892. The number of nitrogens with zero attached hydrogens (tertiary/aromatic N) is 3. The minimum Gasteiger partial charge on any atom is -0.409 e. The van der Waals surface area contributed by atoms with E-state index in [1.807, 2.05) is 7.11 Å². The largest absolute Gasteiger partial charge is 0.409 e. The van der Waals surface area contributed by atoms with Crippen molar-refractivity contribution in [2.75, 3.05) is 33.3 Å². The van der Waals surface area contributed by atoms with Crippen LogP contribution in [0.1, 0.15) is 39.0 Å². The van der Waals surface area contributed by atoms with Crippen LogP contribution in [0.5, 0.6) is 0 Å². The van der Waals surface area contributed by atoms with Crippen LogP contribution in [0.4, 0.5) is 0 Å². The molecule has 0 amide bonds. The quantitative estimate of drug-likeness (QED) is 0.344. The van der Waals surface area contributed by atoms with Crippen LogP contribution in [-0.2, 0) is 4.74 Å². The molecule has 3 unspecified atom stereocenters. The topological polar surface area (TPSA) is 74.3 Å². The second kappa shape index (κ2) is 7.96. The summed E-state index contributed by atoms with van der Waals surface area (Å²) in [5, 5.41) is 12.1. The van der Waals surface area contributed by atoms with E-state index in [-0.39, 0.29) is 6.04 Å². The molecule has 2 rings (SSSR count). The Morgan fingerprint density at radius 2 is 2.05 bits per heavy atom. The van der Waals surface area contributed by atoms with Crippen LogP contribution in [0.15, 0.2) is 5.16 Å². The molecule has 1 saturated carbocycles.